The number of ether oxygens (including phenoxy) is 2. The summed E-state index contributed by atoms with van der Waals surface area (Å²) >= 11 is 0. The van der Waals surface area contributed by atoms with Crippen molar-refractivity contribution in [2.45, 2.75) is 33.6 Å². The summed E-state index contributed by atoms with van der Waals surface area (Å²) in [5, 5.41) is 0. The van der Waals surface area contributed by atoms with Crippen molar-refractivity contribution in [1.29, 1.82) is 0 Å². The molecule has 0 spiro atoms. The summed E-state index contributed by atoms with van der Waals surface area (Å²) in [4.78, 5) is 13.2. The van der Waals surface area contributed by atoms with Crippen molar-refractivity contribution in [3.8, 4) is 0 Å². The van der Waals surface area contributed by atoms with Gasteiger partial charge >= 0.3 is 0 Å². The number of Topliss-reactive ketones (excluding diaryl/α,β-unsaturated/α-hetero) is 1. The van der Waals surface area contributed by atoms with Crippen LogP contribution in [-0.2, 0) is 14.3 Å². The average Bonchev–Trinajstić information content (AvgIpc) is 2.28. The minimum atomic E-state index is 0.263. The van der Waals surface area contributed by atoms with Crippen molar-refractivity contribution in [2.75, 3.05) is 46.1 Å². The van der Waals surface area contributed by atoms with E-state index < -0.39 is 0 Å². The zero-order valence-corrected chi connectivity index (χ0v) is 11.5. The van der Waals surface area contributed by atoms with Crippen LogP contribution in [0, 0.1) is 0 Å². The molecule has 0 fully saturated rings. The molecule has 0 aromatic rings. The van der Waals surface area contributed by atoms with Gasteiger partial charge < -0.3 is 14.3 Å². The smallest absolute Gasteiger partial charge is 0.129 e. The van der Waals surface area contributed by atoms with Crippen LogP contribution in [0.25, 0.3) is 0 Å². The first-order valence-electron chi connectivity index (χ1n) is 6.58. The molecule has 0 aromatic carbocycles. The standard InChI is InChI=1S/C13H27NO3/c1-4-16-11-9-14(10-12-17-5-2)8-6-7-13(3)15/h4-12H2,1-3H3. The SMILES string of the molecule is CCOCCN(CCCC(C)=O)CCOCC. The van der Waals surface area contributed by atoms with Gasteiger partial charge in [-0.25, -0.2) is 0 Å². The number of rotatable bonds is 12. The fourth-order valence-corrected chi connectivity index (χ4v) is 1.56. The van der Waals surface area contributed by atoms with Crippen molar-refractivity contribution >= 4 is 5.78 Å². The summed E-state index contributed by atoms with van der Waals surface area (Å²) in [5.41, 5.74) is 0. The van der Waals surface area contributed by atoms with Crippen LogP contribution in [0.2, 0.25) is 0 Å². The lowest BCUT2D eigenvalue weighted by atomic mass is 10.2. The molecule has 0 aliphatic carbocycles. The molecule has 0 amide bonds. The Kier molecular flexibility index (Phi) is 11.7. The number of carbonyl (C=O) groups is 1. The Morgan fingerprint density at radius 2 is 1.53 bits per heavy atom. The normalized spacial score (nSPS) is 11.1. The van der Waals surface area contributed by atoms with Gasteiger partial charge in [-0.15, -0.1) is 0 Å². The highest BCUT2D eigenvalue weighted by atomic mass is 16.5. The molecule has 0 bridgehead atoms. The lowest BCUT2D eigenvalue weighted by molar-refractivity contribution is -0.117. The van der Waals surface area contributed by atoms with Crippen LogP contribution in [0.15, 0.2) is 0 Å². The van der Waals surface area contributed by atoms with Gasteiger partial charge in [0.25, 0.3) is 0 Å². The minimum absolute atomic E-state index is 0.263. The summed E-state index contributed by atoms with van der Waals surface area (Å²) in [6.07, 6.45) is 1.59. The Bertz CT molecular complexity index is 176. The predicted octanol–water partition coefficient (Wildman–Crippen LogP) is 1.73. The van der Waals surface area contributed by atoms with Crippen molar-refractivity contribution in [2.24, 2.45) is 0 Å². The molecule has 102 valence electrons. The monoisotopic (exact) mass is 245 g/mol. The minimum Gasteiger partial charge on any atom is -0.380 e. The molecule has 0 unspecified atom stereocenters. The molecule has 0 rings (SSSR count). The first-order chi connectivity index (χ1) is 8.20. The fraction of sp³-hybridized carbons (Fsp3) is 0.923. The van der Waals surface area contributed by atoms with Crippen LogP contribution in [0.3, 0.4) is 0 Å². The third-order valence-electron chi connectivity index (χ3n) is 2.52. The zero-order valence-electron chi connectivity index (χ0n) is 11.5. The first kappa shape index (κ1) is 16.6. The molecule has 0 aromatic heterocycles. The predicted molar refractivity (Wildman–Crippen MR) is 69.3 cm³/mol. The zero-order chi connectivity index (χ0) is 12.9. The van der Waals surface area contributed by atoms with Crippen LogP contribution in [-0.4, -0.2) is 56.7 Å². The van der Waals surface area contributed by atoms with E-state index in [1.165, 1.54) is 0 Å². The fourth-order valence-electron chi connectivity index (χ4n) is 1.56. The van der Waals surface area contributed by atoms with E-state index in [1.54, 1.807) is 6.92 Å². The molecule has 0 saturated heterocycles. The maximum atomic E-state index is 10.9. The van der Waals surface area contributed by atoms with E-state index in [0.717, 1.165) is 52.5 Å². The van der Waals surface area contributed by atoms with Gasteiger partial charge in [0, 0.05) is 32.7 Å². The second-order valence-electron chi connectivity index (χ2n) is 4.04. The van der Waals surface area contributed by atoms with E-state index in [4.69, 9.17) is 9.47 Å². The first-order valence-corrected chi connectivity index (χ1v) is 6.58. The quantitative estimate of drug-likeness (QED) is 0.491. The lowest BCUT2D eigenvalue weighted by Gasteiger charge is -2.21. The van der Waals surface area contributed by atoms with Crippen LogP contribution in [0.1, 0.15) is 33.6 Å². The van der Waals surface area contributed by atoms with Gasteiger partial charge in [0.05, 0.1) is 13.2 Å². The second kappa shape index (κ2) is 12.0. The maximum Gasteiger partial charge on any atom is 0.129 e. The second-order valence-corrected chi connectivity index (χ2v) is 4.04. The van der Waals surface area contributed by atoms with Gasteiger partial charge in [0.2, 0.25) is 0 Å². The summed E-state index contributed by atoms with van der Waals surface area (Å²) in [6, 6.07) is 0. The largest absolute Gasteiger partial charge is 0.380 e. The number of nitrogens with zero attached hydrogens (tertiary/aromatic N) is 1. The van der Waals surface area contributed by atoms with Crippen molar-refractivity contribution in [3.63, 3.8) is 0 Å². The highest BCUT2D eigenvalue weighted by Gasteiger charge is 2.05. The molecular formula is C13H27NO3. The summed E-state index contributed by atoms with van der Waals surface area (Å²) < 4.78 is 10.7. The number of ketones is 1. The Hall–Kier alpha value is -0.450. The highest BCUT2D eigenvalue weighted by Crippen LogP contribution is 1.97. The van der Waals surface area contributed by atoms with Gasteiger partial charge in [-0.1, -0.05) is 0 Å². The van der Waals surface area contributed by atoms with Crippen LogP contribution >= 0.6 is 0 Å². The Morgan fingerprint density at radius 1 is 1.00 bits per heavy atom. The summed E-state index contributed by atoms with van der Waals surface area (Å²) in [5.74, 6) is 0.263. The van der Waals surface area contributed by atoms with Crippen molar-refractivity contribution in [3.05, 3.63) is 0 Å². The number of hydrogen-bond donors (Lipinski definition) is 0. The number of hydrogen-bond acceptors (Lipinski definition) is 4. The average molecular weight is 245 g/mol. The molecule has 0 heterocycles. The highest BCUT2D eigenvalue weighted by molar-refractivity contribution is 5.75. The van der Waals surface area contributed by atoms with Crippen LogP contribution in [0.4, 0.5) is 0 Å². The number of carbonyl (C=O) groups excluding carboxylic acids is 1. The molecule has 17 heavy (non-hydrogen) atoms. The molecule has 0 aliphatic heterocycles. The van der Waals surface area contributed by atoms with E-state index in [1.807, 2.05) is 13.8 Å². The molecule has 0 atom stereocenters. The molecule has 4 nitrogen and oxygen atoms in total. The topological polar surface area (TPSA) is 38.8 Å². The molecule has 0 saturated carbocycles. The Labute approximate surface area is 105 Å². The third-order valence-corrected chi connectivity index (χ3v) is 2.52. The van der Waals surface area contributed by atoms with Crippen LogP contribution in [0.5, 0.6) is 0 Å². The van der Waals surface area contributed by atoms with Gasteiger partial charge in [-0.05, 0) is 33.7 Å². The molecule has 0 N–H and O–H groups in total. The third kappa shape index (κ3) is 11.8. The van der Waals surface area contributed by atoms with Gasteiger partial charge in [0.15, 0.2) is 0 Å². The summed E-state index contributed by atoms with van der Waals surface area (Å²) in [7, 11) is 0. The van der Waals surface area contributed by atoms with E-state index in [-0.39, 0.29) is 5.78 Å². The Balaban J connectivity index is 3.71. The van der Waals surface area contributed by atoms with Gasteiger partial charge in [-0.2, -0.15) is 0 Å². The van der Waals surface area contributed by atoms with E-state index in [9.17, 15) is 4.79 Å². The van der Waals surface area contributed by atoms with E-state index in [0.29, 0.717) is 6.42 Å². The molecule has 4 heteroatoms. The van der Waals surface area contributed by atoms with Crippen molar-refractivity contribution in [1.82, 2.24) is 4.90 Å². The Morgan fingerprint density at radius 3 is 1.94 bits per heavy atom. The summed E-state index contributed by atoms with van der Waals surface area (Å²) in [6.45, 7) is 11.4. The lowest BCUT2D eigenvalue weighted by Crippen LogP contribution is -2.32. The van der Waals surface area contributed by atoms with E-state index >= 15 is 0 Å². The van der Waals surface area contributed by atoms with Gasteiger partial charge in [0.1, 0.15) is 5.78 Å². The van der Waals surface area contributed by atoms with Crippen LogP contribution < -0.4 is 0 Å². The van der Waals surface area contributed by atoms with Crippen molar-refractivity contribution < 1.29 is 14.3 Å². The van der Waals surface area contributed by atoms with E-state index in [2.05, 4.69) is 4.90 Å². The molecular weight excluding hydrogens is 218 g/mol. The van der Waals surface area contributed by atoms with Gasteiger partial charge in [-0.3, -0.25) is 4.90 Å². The molecule has 0 radical (unpaired) electrons. The maximum absolute atomic E-state index is 10.9. The molecule has 0 aliphatic rings.